The second-order valence-corrected chi connectivity index (χ2v) is 9.32. The first kappa shape index (κ1) is 24.8. The number of halogens is 5. The molecule has 1 fully saturated rings. The van der Waals surface area contributed by atoms with Crippen molar-refractivity contribution in [2.24, 2.45) is 0 Å². The molecule has 1 amide bonds. The first-order valence-electron chi connectivity index (χ1n) is 11.6. The van der Waals surface area contributed by atoms with E-state index < -0.39 is 24.8 Å². The minimum atomic E-state index is -4.67. The first-order valence-corrected chi connectivity index (χ1v) is 11.6. The van der Waals surface area contributed by atoms with Crippen molar-refractivity contribution in [2.45, 2.75) is 50.2 Å². The van der Waals surface area contributed by atoms with E-state index in [0.29, 0.717) is 43.1 Å². The number of carbonyl (C=O) groups excluding carboxylic acids is 1. The maximum absolute atomic E-state index is 12.9. The molecule has 0 unspecified atom stereocenters. The molecular formula is C23H25F5N4O4. The topological polar surface area (TPSA) is 77.8 Å². The molecule has 0 saturated carbocycles. The predicted molar refractivity (Wildman–Crippen MR) is 115 cm³/mol. The standard InChI is InChI=1S/C23H25F5N4O4/c24-22(25)12-31(13-22)5-3-17-10-32-20(36-17)9-18(30-32)21(33)29-16-8-15-7-14(1-2-19(15)34-11-16)4-6-35-23(26,27)28/h1-2,7,9,16-17H,3-6,8,10-13H2,(H,29,33)/t16-,17+/m1/s1. The fourth-order valence-corrected chi connectivity index (χ4v) is 4.62. The lowest BCUT2D eigenvalue weighted by molar-refractivity contribution is -0.324. The second kappa shape index (κ2) is 9.51. The summed E-state index contributed by atoms with van der Waals surface area (Å²) in [5.74, 6) is -1.91. The Kier molecular flexibility index (Phi) is 6.54. The van der Waals surface area contributed by atoms with Crippen molar-refractivity contribution in [1.82, 2.24) is 20.0 Å². The lowest BCUT2D eigenvalue weighted by atomic mass is 9.99. The molecule has 0 spiro atoms. The number of benzene rings is 1. The number of fused-ring (bicyclic) bond motifs is 2. The molecule has 2 aromatic rings. The maximum Gasteiger partial charge on any atom is 0.522 e. The maximum atomic E-state index is 12.9. The molecule has 196 valence electrons. The largest absolute Gasteiger partial charge is 0.522 e. The molecule has 0 aliphatic carbocycles. The van der Waals surface area contributed by atoms with E-state index >= 15 is 0 Å². The summed E-state index contributed by atoms with van der Waals surface area (Å²) in [5.41, 5.74) is 1.65. The molecule has 5 rings (SSSR count). The van der Waals surface area contributed by atoms with Crippen molar-refractivity contribution in [3.63, 3.8) is 0 Å². The predicted octanol–water partition coefficient (Wildman–Crippen LogP) is 2.80. The molecule has 4 heterocycles. The number of amides is 1. The monoisotopic (exact) mass is 516 g/mol. The van der Waals surface area contributed by atoms with E-state index in [1.165, 1.54) is 0 Å². The number of nitrogens with one attached hydrogen (secondary N) is 1. The molecule has 3 aliphatic rings. The summed E-state index contributed by atoms with van der Waals surface area (Å²) in [7, 11) is 0. The Bertz CT molecular complexity index is 1090. The van der Waals surface area contributed by atoms with Crippen molar-refractivity contribution < 1.29 is 41.0 Å². The van der Waals surface area contributed by atoms with Gasteiger partial charge in [0.15, 0.2) is 5.69 Å². The normalized spacial score (nSPS) is 22.7. The Hall–Kier alpha value is -2.93. The van der Waals surface area contributed by atoms with Crippen molar-refractivity contribution in [2.75, 3.05) is 32.8 Å². The number of aromatic nitrogens is 2. The fraction of sp³-hybridized carbons (Fsp3) is 0.565. The van der Waals surface area contributed by atoms with Gasteiger partial charge in [0.1, 0.15) is 18.5 Å². The van der Waals surface area contributed by atoms with Crippen molar-refractivity contribution >= 4 is 5.91 Å². The van der Waals surface area contributed by atoms with Gasteiger partial charge in [-0.15, -0.1) is 13.2 Å². The van der Waals surface area contributed by atoms with Crippen molar-refractivity contribution in [3.05, 3.63) is 41.1 Å². The van der Waals surface area contributed by atoms with Crippen LogP contribution in [0.4, 0.5) is 22.0 Å². The third kappa shape index (κ3) is 5.89. The summed E-state index contributed by atoms with van der Waals surface area (Å²) >= 11 is 0. The van der Waals surface area contributed by atoms with Gasteiger partial charge >= 0.3 is 6.36 Å². The van der Waals surface area contributed by atoms with Crippen LogP contribution in [-0.4, -0.2) is 77.9 Å². The zero-order valence-corrected chi connectivity index (χ0v) is 19.2. The van der Waals surface area contributed by atoms with Gasteiger partial charge in [-0.05, 0) is 36.5 Å². The van der Waals surface area contributed by atoms with E-state index in [1.807, 2.05) is 0 Å². The zero-order chi connectivity index (χ0) is 25.5. The van der Waals surface area contributed by atoms with Gasteiger partial charge in [0.05, 0.1) is 32.3 Å². The zero-order valence-electron chi connectivity index (χ0n) is 19.2. The highest BCUT2D eigenvalue weighted by Crippen LogP contribution is 2.30. The van der Waals surface area contributed by atoms with Crippen LogP contribution in [0.1, 0.15) is 28.0 Å². The lowest BCUT2D eigenvalue weighted by Crippen LogP contribution is -2.56. The average molecular weight is 516 g/mol. The van der Waals surface area contributed by atoms with Crippen LogP contribution in [0.2, 0.25) is 0 Å². The van der Waals surface area contributed by atoms with Gasteiger partial charge in [0.25, 0.3) is 11.8 Å². The molecule has 8 nitrogen and oxygen atoms in total. The van der Waals surface area contributed by atoms with Crippen LogP contribution in [0.3, 0.4) is 0 Å². The lowest BCUT2D eigenvalue weighted by Gasteiger charge is -2.38. The van der Waals surface area contributed by atoms with E-state index in [1.54, 1.807) is 33.8 Å². The van der Waals surface area contributed by atoms with E-state index in [4.69, 9.17) is 9.47 Å². The third-order valence-electron chi connectivity index (χ3n) is 6.34. The highest BCUT2D eigenvalue weighted by Gasteiger charge is 2.43. The molecule has 36 heavy (non-hydrogen) atoms. The molecule has 1 N–H and O–H groups in total. The van der Waals surface area contributed by atoms with E-state index in [0.717, 1.165) is 5.56 Å². The van der Waals surface area contributed by atoms with Crippen LogP contribution in [0.5, 0.6) is 11.6 Å². The summed E-state index contributed by atoms with van der Waals surface area (Å²) < 4.78 is 79.4. The van der Waals surface area contributed by atoms with Gasteiger partial charge in [-0.2, -0.15) is 5.10 Å². The van der Waals surface area contributed by atoms with Gasteiger partial charge in [0.2, 0.25) is 5.88 Å². The number of rotatable bonds is 8. The molecule has 1 saturated heterocycles. The Morgan fingerprint density at radius 2 is 2.06 bits per heavy atom. The molecule has 0 radical (unpaired) electrons. The van der Waals surface area contributed by atoms with E-state index in [9.17, 15) is 26.7 Å². The van der Waals surface area contributed by atoms with Gasteiger partial charge in [-0.25, -0.2) is 13.5 Å². The fourth-order valence-electron chi connectivity index (χ4n) is 4.62. The van der Waals surface area contributed by atoms with Crippen LogP contribution in [0.15, 0.2) is 24.3 Å². The number of ether oxygens (including phenoxy) is 3. The number of nitrogens with zero attached hydrogens (tertiary/aromatic N) is 3. The molecule has 1 aromatic heterocycles. The molecular weight excluding hydrogens is 491 g/mol. The second-order valence-electron chi connectivity index (χ2n) is 9.32. The summed E-state index contributed by atoms with van der Waals surface area (Å²) in [6, 6.07) is 6.36. The summed E-state index contributed by atoms with van der Waals surface area (Å²) in [4.78, 5) is 14.4. The van der Waals surface area contributed by atoms with Gasteiger partial charge in [0, 0.05) is 12.6 Å². The van der Waals surface area contributed by atoms with Crippen molar-refractivity contribution in [1.29, 1.82) is 0 Å². The van der Waals surface area contributed by atoms with Crippen LogP contribution in [-0.2, 0) is 24.1 Å². The smallest absolute Gasteiger partial charge is 0.491 e. The number of alkyl halides is 5. The van der Waals surface area contributed by atoms with Gasteiger partial charge in [-0.3, -0.25) is 14.4 Å². The van der Waals surface area contributed by atoms with Crippen LogP contribution in [0.25, 0.3) is 0 Å². The summed E-state index contributed by atoms with van der Waals surface area (Å²) in [6.45, 7) is 0.268. The Morgan fingerprint density at radius 3 is 2.78 bits per heavy atom. The molecule has 13 heteroatoms. The summed E-state index contributed by atoms with van der Waals surface area (Å²) in [5, 5.41) is 7.18. The van der Waals surface area contributed by atoms with Gasteiger partial charge in [-0.1, -0.05) is 12.1 Å². The summed E-state index contributed by atoms with van der Waals surface area (Å²) in [6.07, 6.45) is -3.71. The van der Waals surface area contributed by atoms with Crippen molar-refractivity contribution in [3.8, 4) is 11.6 Å². The third-order valence-corrected chi connectivity index (χ3v) is 6.34. The number of hydrogen-bond acceptors (Lipinski definition) is 6. The molecule has 3 aliphatic heterocycles. The van der Waals surface area contributed by atoms with E-state index in [2.05, 4.69) is 15.2 Å². The SMILES string of the molecule is O=C(N[C@H]1COc2ccc(CCOC(F)(F)F)cc2C1)c1cc2n(n1)C[C@H](CCN1CC(F)(F)C1)O2. The van der Waals surface area contributed by atoms with Crippen LogP contribution < -0.4 is 14.8 Å². The quantitative estimate of drug-likeness (QED) is 0.544. The van der Waals surface area contributed by atoms with E-state index in [-0.39, 0.29) is 44.0 Å². The van der Waals surface area contributed by atoms with Crippen LogP contribution >= 0.6 is 0 Å². The van der Waals surface area contributed by atoms with Gasteiger partial charge < -0.3 is 14.8 Å². The number of hydrogen-bond donors (Lipinski definition) is 1. The Morgan fingerprint density at radius 1 is 1.25 bits per heavy atom. The Labute approximate surface area is 203 Å². The first-order chi connectivity index (χ1) is 17.0. The number of carbonyl (C=O) groups is 1. The molecule has 1 aromatic carbocycles. The van der Waals surface area contributed by atoms with Crippen LogP contribution in [0, 0.1) is 0 Å². The minimum Gasteiger partial charge on any atom is -0.491 e. The Balaban J connectivity index is 1.10. The minimum absolute atomic E-state index is 0.0928. The number of likely N-dealkylation sites (tertiary alicyclic amines) is 1. The molecule has 0 bridgehead atoms. The highest BCUT2D eigenvalue weighted by molar-refractivity contribution is 5.92. The average Bonchev–Trinajstić information content (AvgIpc) is 3.34. The molecule has 2 atom stereocenters. The highest BCUT2D eigenvalue weighted by atomic mass is 19.4.